The Labute approximate surface area is 170 Å². The van der Waals surface area contributed by atoms with Gasteiger partial charge in [-0.2, -0.15) is 0 Å². The normalized spacial score (nSPS) is 21.0. The lowest BCUT2D eigenvalue weighted by molar-refractivity contribution is -0.122. The van der Waals surface area contributed by atoms with E-state index in [1.54, 1.807) is 6.20 Å². The third-order valence-corrected chi connectivity index (χ3v) is 6.70. The van der Waals surface area contributed by atoms with Crippen LogP contribution in [-0.2, 0) is 4.79 Å². The molecule has 1 aromatic carbocycles. The van der Waals surface area contributed by atoms with E-state index in [0.717, 1.165) is 37.7 Å². The molecule has 2 aliphatic rings. The Morgan fingerprint density at radius 3 is 2.71 bits per heavy atom. The van der Waals surface area contributed by atoms with Crippen molar-refractivity contribution in [1.29, 1.82) is 0 Å². The molecule has 0 radical (unpaired) electrons. The molecule has 1 aromatic heterocycles. The van der Waals surface area contributed by atoms with Crippen LogP contribution in [0.1, 0.15) is 67.8 Å². The van der Waals surface area contributed by atoms with E-state index in [4.69, 9.17) is 0 Å². The number of hydrogen-bond donors (Lipinski definition) is 1. The molecule has 1 fully saturated rings. The van der Waals surface area contributed by atoms with Crippen LogP contribution in [-0.4, -0.2) is 33.8 Å². The van der Waals surface area contributed by atoms with Gasteiger partial charge in [0.15, 0.2) is 5.13 Å². The second-order valence-corrected chi connectivity index (χ2v) is 9.22. The fourth-order valence-electron chi connectivity index (χ4n) is 4.94. The smallest absolute Gasteiger partial charge is 0.254 e. The minimum absolute atomic E-state index is 0.0504. The molecular weight excluding hydrogens is 370 g/mol. The van der Waals surface area contributed by atoms with Gasteiger partial charge in [0.2, 0.25) is 5.91 Å². The molecule has 6 heteroatoms. The van der Waals surface area contributed by atoms with Crippen molar-refractivity contribution in [2.45, 2.75) is 57.4 Å². The van der Waals surface area contributed by atoms with Crippen LogP contribution < -0.4 is 5.32 Å². The summed E-state index contributed by atoms with van der Waals surface area (Å²) < 4.78 is 0. The highest BCUT2D eigenvalue weighted by atomic mass is 32.1. The third-order valence-electron chi connectivity index (χ3n) is 6.01. The number of carbonyl (C=O) groups is 2. The van der Waals surface area contributed by atoms with Gasteiger partial charge in [-0.1, -0.05) is 51.3 Å². The molecule has 1 saturated carbocycles. The summed E-state index contributed by atoms with van der Waals surface area (Å²) in [6, 6.07) is 7.65. The number of hydrogen-bond acceptors (Lipinski definition) is 4. The maximum atomic E-state index is 13.6. The quantitative estimate of drug-likeness (QED) is 0.815. The van der Waals surface area contributed by atoms with Crippen LogP contribution in [0.15, 0.2) is 35.8 Å². The molecule has 4 rings (SSSR count). The zero-order chi connectivity index (χ0) is 19.7. The average Bonchev–Trinajstić information content (AvgIpc) is 3.19. The van der Waals surface area contributed by atoms with Crippen LogP contribution in [0.5, 0.6) is 0 Å². The summed E-state index contributed by atoms with van der Waals surface area (Å²) in [6.45, 7) is 4.94. The van der Waals surface area contributed by atoms with Crippen molar-refractivity contribution in [3.05, 3.63) is 47.0 Å². The molecule has 1 N–H and O–H groups in total. The van der Waals surface area contributed by atoms with Crippen LogP contribution in [0.3, 0.4) is 0 Å². The molecule has 5 nitrogen and oxygen atoms in total. The van der Waals surface area contributed by atoms with E-state index in [9.17, 15) is 9.59 Å². The van der Waals surface area contributed by atoms with Crippen LogP contribution in [0.25, 0.3) is 0 Å². The molecule has 0 bridgehead atoms. The molecule has 1 aliphatic carbocycles. The first kappa shape index (κ1) is 19.1. The first-order chi connectivity index (χ1) is 13.5. The topological polar surface area (TPSA) is 62.3 Å². The van der Waals surface area contributed by atoms with Crippen LogP contribution in [0.4, 0.5) is 5.13 Å². The minimum atomic E-state index is -0.449. The van der Waals surface area contributed by atoms with Gasteiger partial charge in [-0.15, -0.1) is 11.3 Å². The van der Waals surface area contributed by atoms with Gasteiger partial charge in [-0.25, -0.2) is 4.98 Å². The number of aromatic nitrogens is 1. The number of benzene rings is 1. The number of rotatable bonds is 4. The lowest BCUT2D eigenvalue weighted by Gasteiger charge is -2.54. The first-order valence-corrected chi connectivity index (χ1v) is 11.0. The van der Waals surface area contributed by atoms with Gasteiger partial charge in [0.05, 0.1) is 11.5 Å². The lowest BCUT2D eigenvalue weighted by atomic mass is 9.65. The minimum Gasteiger partial charge on any atom is -0.332 e. The zero-order valence-corrected chi connectivity index (χ0v) is 17.3. The summed E-state index contributed by atoms with van der Waals surface area (Å²) in [7, 11) is 0. The van der Waals surface area contributed by atoms with E-state index in [1.807, 2.05) is 34.5 Å². The molecule has 1 atom stereocenters. The predicted octanol–water partition coefficient (Wildman–Crippen LogP) is 4.68. The molecule has 1 spiro atoms. The maximum Gasteiger partial charge on any atom is 0.254 e. The molecule has 28 heavy (non-hydrogen) atoms. The average molecular weight is 398 g/mol. The lowest BCUT2D eigenvalue weighted by Crippen LogP contribution is -2.62. The Bertz CT molecular complexity index is 856. The summed E-state index contributed by atoms with van der Waals surface area (Å²) in [6.07, 6.45) is 6.69. The SMILES string of the molecule is CC(C)CN1C(=O)c2ccccc2C(C(=O)Nc2nccs2)C12CCCCC2. The number of carbonyl (C=O) groups excluding carboxylic acids is 2. The monoisotopic (exact) mass is 397 g/mol. The predicted molar refractivity (Wildman–Crippen MR) is 112 cm³/mol. The zero-order valence-electron chi connectivity index (χ0n) is 16.5. The van der Waals surface area contributed by atoms with Gasteiger partial charge >= 0.3 is 0 Å². The summed E-state index contributed by atoms with van der Waals surface area (Å²) in [5.41, 5.74) is 1.08. The fraction of sp³-hybridized carbons (Fsp3) is 0.500. The van der Waals surface area contributed by atoms with Crippen molar-refractivity contribution in [3.8, 4) is 0 Å². The number of nitrogens with one attached hydrogen (secondary N) is 1. The van der Waals surface area contributed by atoms with Gasteiger partial charge in [-0.3, -0.25) is 9.59 Å². The first-order valence-electron chi connectivity index (χ1n) is 10.1. The third kappa shape index (κ3) is 3.24. The highest BCUT2D eigenvalue weighted by molar-refractivity contribution is 7.13. The molecule has 1 aliphatic heterocycles. The molecule has 0 saturated heterocycles. The Morgan fingerprint density at radius 1 is 1.29 bits per heavy atom. The van der Waals surface area contributed by atoms with Gasteiger partial charge in [0.1, 0.15) is 0 Å². The number of thiazole rings is 1. The number of nitrogens with zero attached hydrogens (tertiary/aromatic N) is 2. The highest BCUT2D eigenvalue weighted by Crippen LogP contribution is 2.49. The second kappa shape index (κ2) is 7.66. The van der Waals surface area contributed by atoms with Crippen LogP contribution in [0, 0.1) is 5.92 Å². The van der Waals surface area contributed by atoms with E-state index in [-0.39, 0.29) is 17.7 Å². The van der Waals surface area contributed by atoms with E-state index < -0.39 is 5.54 Å². The van der Waals surface area contributed by atoms with E-state index >= 15 is 0 Å². The molecule has 148 valence electrons. The van der Waals surface area contributed by atoms with Crippen molar-refractivity contribution < 1.29 is 9.59 Å². The van der Waals surface area contributed by atoms with Crippen LogP contribution >= 0.6 is 11.3 Å². The van der Waals surface area contributed by atoms with E-state index in [2.05, 4.69) is 24.1 Å². The number of fused-ring (bicyclic) bond motifs is 1. The van der Waals surface area contributed by atoms with E-state index in [1.165, 1.54) is 11.3 Å². The molecular formula is C22H27N3O2S. The van der Waals surface area contributed by atoms with E-state index in [0.29, 0.717) is 23.2 Å². The highest BCUT2D eigenvalue weighted by Gasteiger charge is 2.54. The van der Waals surface area contributed by atoms with Crippen LogP contribution in [0.2, 0.25) is 0 Å². The van der Waals surface area contributed by atoms with Gasteiger partial charge in [0.25, 0.3) is 5.91 Å². The Morgan fingerprint density at radius 2 is 2.04 bits per heavy atom. The Hall–Kier alpha value is -2.21. The van der Waals surface area contributed by atoms with Crippen molar-refractivity contribution >= 4 is 28.3 Å². The summed E-state index contributed by atoms with van der Waals surface area (Å²) >= 11 is 1.42. The summed E-state index contributed by atoms with van der Waals surface area (Å²) in [5.74, 6) is -0.00454. The number of anilines is 1. The summed E-state index contributed by atoms with van der Waals surface area (Å²) in [5, 5.41) is 5.49. The molecule has 2 heterocycles. The fourth-order valence-corrected chi connectivity index (χ4v) is 5.47. The Balaban J connectivity index is 1.84. The van der Waals surface area contributed by atoms with Gasteiger partial charge < -0.3 is 10.2 Å². The Kier molecular flexibility index (Phi) is 5.23. The van der Waals surface area contributed by atoms with Crippen molar-refractivity contribution in [2.75, 3.05) is 11.9 Å². The van der Waals surface area contributed by atoms with Crippen molar-refractivity contribution in [3.63, 3.8) is 0 Å². The summed E-state index contributed by atoms with van der Waals surface area (Å²) in [4.78, 5) is 33.3. The largest absolute Gasteiger partial charge is 0.332 e. The molecule has 2 amide bonds. The number of amides is 2. The van der Waals surface area contributed by atoms with Crippen molar-refractivity contribution in [2.24, 2.45) is 5.92 Å². The molecule has 2 aromatic rings. The maximum absolute atomic E-state index is 13.6. The standard InChI is InChI=1S/C22H27N3O2S/c1-15(2)14-25-20(27)17-9-5-4-8-16(17)18(22(25)10-6-3-7-11-22)19(26)24-21-23-12-13-28-21/h4-5,8-9,12-13,15,18H,3,6-7,10-11,14H2,1-2H3,(H,23,24,26). The molecule has 1 unspecified atom stereocenters. The van der Waals surface area contributed by atoms with Crippen molar-refractivity contribution in [1.82, 2.24) is 9.88 Å². The second-order valence-electron chi connectivity index (χ2n) is 8.32. The van der Waals surface area contributed by atoms with Gasteiger partial charge in [0, 0.05) is 23.7 Å². The van der Waals surface area contributed by atoms with Gasteiger partial charge in [-0.05, 0) is 30.4 Å².